The number of carbonyl (C=O) groups is 1. The Kier molecular flexibility index (Phi) is 5.74. The zero-order valence-electron chi connectivity index (χ0n) is 13.9. The molecular weight excluding hydrogens is 292 g/mol. The van der Waals surface area contributed by atoms with E-state index >= 15 is 0 Å². The third kappa shape index (κ3) is 4.39. The Hall–Kier alpha value is -1.22. The quantitative estimate of drug-likeness (QED) is 0.416. The van der Waals surface area contributed by atoms with Crippen LogP contribution in [-0.2, 0) is 10.2 Å². The van der Waals surface area contributed by atoms with E-state index in [-0.39, 0.29) is 11.4 Å². The van der Waals surface area contributed by atoms with Crippen molar-refractivity contribution in [3.8, 4) is 5.75 Å². The first kappa shape index (κ1) is 17.1. The van der Waals surface area contributed by atoms with Crippen molar-refractivity contribution in [2.24, 2.45) is 0 Å². The van der Waals surface area contributed by atoms with Crippen molar-refractivity contribution in [2.75, 3.05) is 0 Å². The zero-order valence-corrected chi connectivity index (χ0v) is 14.7. The fourth-order valence-electron chi connectivity index (χ4n) is 2.81. The predicted octanol–water partition coefficient (Wildman–Crippen LogP) is 5.50. The summed E-state index contributed by atoms with van der Waals surface area (Å²) in [6, 6.07) is 6.19. The van der Waals surface area contributed by atoms with Crippen LogP contribution in [0.25, 0.3) is 0 Å². The fraction of sp³-hybridized carbons (Fsp3) is 0.526. The van der Waals surface area contributed by atoms with Crippen molar-refractivity contribution in [1.29, 1.82) is 0 Å². The van der Waals surface area contributed by atoms with E-state index in [1.807, 2.05) is 11.8 Å². The van der Waals surface area contributed by atoms with Crippen molar-refractivity contribution in [1.82, 2.24) is 0 Å². The molecule has 2 nitrogen and oxygen atoms in total. The smallest absolute Gasteiger partial charge is 0.335 e. The maximum Gasteiger partial charge on any atom is 0.335 e. The van der Waals surface area contributed by atoms with Crippen molar-refractivity contribution in [3.63, 3.8) is 0 Å². The molecule has 0 radical (unpaired) electrons. The first-order chi connectivity index (χ1) is 10.4. The number of hydrogen-bond donors (Lipinski definition) is 0. The summed E-state index contributed by atoms with van der Waals surface area (Å²) in [7, 11) is 0. The normalized spacial score (nSPS) is 16.3. The van der Waals surface area contributed by atoms with Crippen LogP contribution in [0.15, 0.2) is 35.7 Å². The molecule has 1 aliphatic carbocycles. The molecule has 22 heavy (non-hydrogen) atoms. The van der Waals surface area contributed by atoms with E-state index in [0.29, 0.717) is 5.25 Å². The lowest BCUT2D eigenvalue weighted by atomic mass is 9.86. The molecule has 1 saturated carbocycles. The van der Waals surface area contributed by atoms with Gasteiger partial charge in [0, 0.05) is 16.9 Å². The predicted molar refractivity (Wildman–Crippen MR) is 93.7 cm³/mol. The summed E-state index contributed by atoms with van der Waals surface area (Å²) in [5, 5.41) is 0.630. The van der Waals surface area contributed by atoms with Gasteiger partial charge in [-0.25, -0.2) is 4.79 Å². The van der Waals surface area contributed by atoms with Crippen LogP contribution in [0.3, 0.4) is 0 Å². The molecule has 0 N–H and O–H groups in total. The van der Waals surface area contributed by atoms with Crippen LogP contribution in [0.2, 0.25) is 0 Å². The van der Waals surface area contributed by atoms with Crippen LogP contribution >= 0.6 is 11.8 Å². The van der Waals surface area contributed by atoms with Gasteiger partial charge in [0.25, 0.3) is 0 Å². The van der Waals surface area contributed by atoms with Gasteiger partial charge in [0.05, 0.1) is 4.90 Å². The van der Waals surface area contributed by atoms with Crippen LogP contribution in [-0.4, -0.2) is 11.2 Å². The minimum absolute atomic E-state index is 0.0695. The van der Waals surface area contributed by atoms with E-state index in [9.17, 15) is 4.79 Å². The number of ether oxygens (including phenoxy) is 1. The first-order valence-corrected chi connectivity index (χ1v) is 8.94. The summed E-state index contributed by atoms with van der Waals surface area (Å²) in [4.78, 5) is 12.8. The van der Waals surface area contributed by atoms with Gasteiger partial charge in [-0.1, -0.05) is 58.7 Å². The highest BCUT2D eigenvalue weighted by molar-refractivity contribution is 8.00. The van der Waals surface area contributed by atoms with Gasteiger partial charge >= 0.3 is 5.97 Å². The monoisotopic (exact) mass is 318 g/mol. The van der Waals surface area contributed by atoms with Crippen molar-refractivity contribution in [3.05, 3.63) is 36.4 Å². The number of benzene rings is 1. The Morgan fingerprint density at radius 1 is 1.27 bits per heavy atom. The third-order valence-electron chi connectivity index (χ3n) is 4.00. The highest BCUT2D eigenvalue weighted by atomic mass is 32.2. The van der Waals surface area contributed by atoms with E-state index in [4.69, 9.17) is 4.74 Å². The van der Waals surface area contributed by atoms with Gasteiger partial charge in [0.1, 0.15) is 5.75 Å². The second kappa shape index (κ2) is 7.36. The number of thioether (sulfide) groups is 1. The lowest BCUT2D eigenvalue weighted by molar-refractivity contribution is -0.129. The second-order valence-corrected chi connectivity index (χ2v) is 8.23. The largest absolute Gasteiger partial charge is 0.422 e. The molecule has 0 unspecified atom stereocenters. The molecule has 0 heterocycles. The summed E-state index contributed by atoms with van der Waals surface area (Å²) >= 11 is 1.86. The molecule has 120 valence electrons. The maximum absolute atomic E-state index is 11.8. The number of esters is 1. The van der Waals surface area contributed by atoms with Gasteiger partial charge < -0.3 is 4.74 Å². The van der Waals surface area contributed by atoms with Gasteiger partial charge in [0.2, 0.25) is 0 Å². The molecule has 0 amide bonds. The molecule has 1 aliphatic rings. The number of hydrogen-bond acceptors (Lipinski definition) is 3. The summed E-state index contributed by atoms with van der Waals surface area (Å²) in [5.74, 6) is 0.331. The van der Waals surface area contributed by atoms with Crippen LogP contribution in [0.4, 0.5) is 0 Å². The van der Waals surface area contributed by atoms with Crippen LogP contribution in [0.1, 0.15) is 58.4 Å². The zero-order chi connectivity index (χ0) is 16.2. The van der Waals surface area contributed by atoms with E-state index in [2.05, 4.69) is 45.5 Å². The van der Waals surface area contributed by atoms with Gasteiger partial charge in [-0.2, -0.15) is 0 Å². The van der Waals surface area contributed by atoms with Crippen molar-refractivity contribution < 1.29 is 9.53 Å². The second-order valence-electron chi connectivity index (χ2n) is 6.89. The Labute approximate surface area is 138 Å². The van der Waals surface area contributed by atoms with E-state index in [1.54, 1.807) is 0 Å². The Morgan fingerprint density at radius 2 is 1.95 bits per heavy atom. The molecule has 1 aromatic rings. The van der Waals surface area contributed by atoms with Gasteiger partial charge in [-0.05, 0) is 24.3 Å². The highest BCUT2D eigenvalue weighted by Crippen LogP contribution is 2.43. The Balaban J connectivity index is 2.34. The summed E-state index contributed by atoms with van der Waals surface area (Å²) in [6.07, 6.45) is 7.68. The molecule has 0 atom stereocenters. The fourth-order valence-corrected chi connectivity index (χ4v) is 4.15. The van der Waals surface area contributed by atoms with E-state index < -0.39 is 0 Å². The minimum atomic E-state index is -0.387. The lowest BCUT2D eigenvalue weighted by Gasteiger charge is -2.26. The molecule has 2 rings (SSSR count). The molecule has 0 bridgehead atoms. The van der Waals surface area contributed by atoms with E-state index in [1.165, 1.54) is 38.2 Å². The molecule has 0 spiro atoms. The van der Waals surface area contributed by atoms with Gasteiger partial charge in [0.15, 0.2) is 0 Å². The summed E-state index contributed by atoms with van der Waals surface area (Å²) in [5.41, 5.74) is 1.00. The van der Waals surface area contributed by atoms with Gasteiger partial charge in [-0.3, -0.25) is 0 Å². The summed E-state index contributed by atoms with van der Waals surface area (Å²) in [6.45, 7) is 9.94. The van der Waals surface area contributed by atoms with Crippen molar-refractivity contribution >= 4 is 17.7 Å². The average molecular weight is 318 g/mol. The molecule has 0 aromatic heterocycles. The molecule has 3 heteroatoms. The van der Waals surface area contributed by atoms with Crippen LogP contribution in [0.5, 0.6) is 5.75 Å². The van der Waals surface area contributed by atoms with Crippen molar-refractivity contribution in [2.45, 2.75) is 68.4 Å². The molecule has 1 fully saturated rings. The Bertz CT molecular complexity index is 537. The molecule has 0 saturated heterocycles. The highest BCUT2D eigenvalue weighted by Gasteiger charge is 2.24. The molecule has 0 aliphatic heterocycles. The lowest BCUT2D eigenvalue weighted by Crippen LogP contribution is -2.16. The number of carbonyl (C=O) groups excluding carboxylic acids is 1. The van der Waals surface area contributed by atoms with Crippen LogP contribution < -0.4 is 4.74 Å². The molecular formula is C19H26O2S. The van der Waals surface area contributed by atoms with E-state index in [0.717, 1.165) is 16.2 Å². The number of para-hydroxylation sites is 1. The average Bonchev–Trinajstić information content (AvgIpc) is 2.48. The molecule has 1 aromatic carbocycles. The third-order valence-corrected chi connectivity index (χ3v) is 5.38. The topological polar surface area (TPSA) is 26.3 Å². The summed E-state index contributed by atoms with van der Waals surface area (Å²) < 4.78 is 5.62. The standard InChI is InChI=1S/C19H26O2S/c1-5-17(20)21-18-15(19(2,3)4)12-9-13-16(18)22-14-10-7-6-8-11-14/h5,9,12-14H,1,6-8,10-11H2,2-4H3. The SMILES string of the molecule is C=CC(=O)Oc1c(SC2CCCCC2)cccc1C(C)(C)C. The maximum atomic E-state index is 11.8. The van der Waals surface area contributed by atoms with Gasteiger partial charge in [-0.15, -0.1) is 11.8 Å². The minimum Gasteiger partial charge on any atom is -0.422 e. The number of rotatable bonds is 4. The first-order valence-electron chi connectivity index (χ1n) is 8.06. The Morgan fingerprint density at radius 3 is 2.55 bits per heavy atom. The van der Waals surface area contributed by atoms with Crippen LogP contribution in [0, 0.1) is 0 Å².